The van der Waals surface area contributed by atoms with Crippen molar-refractivity contribution in [2.45, 2.75) is 55.4 Å². The standard InChI is InChI=1S/C25H28BrClN4O4S2/c1-15-3-10-22(19(27)11-15)36-30-13-20(28-37(2,34)35)24(32)31-21(12-16-4-6-17(26)7-5-16)25(33)29(14-23(30)31)18-8-9-18/h3-7,10-11,18,20-21,23,28H,8-9,12-14H2,1-2H3. The highest BCUT2D eigenvalue weighted by atomic mass is 79.9. The lowest BCUT2D eigenvalue weighted by molar-refractivity contribution is -0.166. The van der Waals surface area contributed by atoms with Crippen molar-refractivity contribution in [3.05, 3.63) is 63.1 Å². The summed E-state index contributed by atoms with van der Waals surface area (Å²) < 4.78 is 29.8. The van der Waals surface area contributed by atoms with E-state index >= 15 is 0 Å². The molecule has 2 aliphatic heterocycles. The minimum atomic E-state index is -3.67. The maximum absolute atomic E-state index is 13.8. The summed E-state index contributed by atoms with van der Waals surface area (Å²) >= 11 is 11.4. The predicted molar refractivity (Wildman–Crippen MR) is 148 cm³/mol. The molecule has 2 saturated heterocycles. The summed E-state index contributed by atoms with van der Waals surface area (Å²) in [7, 11) is -3.67. The van der Waals surface area contributed by atoms with Gasteiger partial charge in [-0.05, 0) is 67.1 Å². The van der Waals surface area contributed by atoms with Gasteiger partial charge < -0.3 is 9.80 Å². The first-order valence-electron chi connectivity index (χ1n) is 12.1. The van der Waals surface area contributed by atoms with Gasteiger partial charge in [0.2, 0.25) is 21.8 Å². The molecule has 3 fully saturated rings. The highest BCUT2D eigenvalue weighted by molar-refractivity contribution is 9.10. The fraction of sp³-hybridized carbons (Fsp3) is 0.440. The number of hydrogen-bond acceptors (Lipinski definition) is 6. The van der Waals surface area contributed by atoms with Gasteiger partial charge >= 0.3 is 0 Å². The van der Waals surface area contributed by atoms with Gasteiger partial charge in [0.25, 0.3) is 0 Å². The van der Waals surface area contributed by atoms with Crippen molar-refractivity contribution in [1.82, 2.24) is 18.8 Å². The fourth-order valence-electron chi connectivity index (χ4n) is 4.96. The number of carbonyl (C=O) groups is 2. The summed E-state index contributed by atoms with van der Waals surface area (Å²) in [5.41, 5.74) is 1.95. The molecule has 2 aromatic rings. The van der Waals surface area contributed by atoms with Crippen LogP contribution < -0.4 is 4.72 Å². The van der Waals surface area contributed by atoms with E-state index in [9.17, 15) is 18.0 Å². The zero-order valence-corrected chi connectivity index (χ0v) is 24.4. The molecule has 1 N–H and O–H groups in total. The number of nitrogens with one attached hydrogen (secondary N) is 1. The van der Waals surface area contributed by atoms with E-state index in [1.54, 1.807) is 4.90 Å². The van der Waals surface area contributed by atoms with E-state index < -0.39 is 28.3 Å². The number of halogens is 2. The zero-order valence-electron chi connectivity index (χ0n) is 20.4. The van der Waals surface area contributed by atoms with Crippen molar-refractivity contribution in [3.8, 4) is 0 Å². The van der Waals surface area contributed by atoms with Gasteiger partial charge in [0.15, 0.2) is 0 Å². The Kier molecular flexibility index (Phi) is 7.65. The topological polar surface area (TPSA) is 90.0 Å². The van der Waals surface area contributed by atoms with Gasteiger partial charge in [-0.2, -0.15) is 0 Å². The van der Waals surface area contributed by atoms with Gasteiger partial charge in [-0.15, -0.1) is 0 Å². The molecule has 2 heterocycles. The molecule has 0 bridgehead atoms. The SMILES string of the molecule is Cc1ccc(SN2CC(NS(C)(=O)=O)C(=O)N3C(Cc4ccc(Br)cc4)C(=O)N(C4CC4)CC23)c(Cl)c1. The van der Waals surface area contributed by atoms with Crippen LogP contribution in [0.5, 0.6) is 0 Å². The van der Waals surface area contributed by atoms with Crippen LogP contribution in [0.3, 0.4) is 0 Å². The number of amides is 2. The first-order valence-corrected chi connectivity index (χ1v) is 15.9. The molecule has 3 aliphatic rings. The molecular formula is C25H28BrClN4O4S2. The summed E-state index contributed by atoms with van der Waals surface area (Å²) in [6, 6.07) is 11.9. The maximum Gasteiger partial charge on any atom is 0.246 e. The van der Waals surface area contributed by atoms with Crippen molar-refractivity contribution in [2.75, 3.05) is 19.3 Å². The Morgan fingerprint density at radius 2 is 1.78 bits per heavy atom. The van der Waals surface area contributed by atoms with Crippen molar-refractivity contribution in [1.29, 1.82) is 0 Å². The van der Waals surface area contributed by atoms with Crippen LogP contribution in [0.25, 0.3) is 0 Å². The van der Waals surface area contributed by atoms with Gasteiger partial charge in [-0.25, -0.2) is 17.4 Å². The third kappa shape index (κ3) is 6.02. The zero-order chi connectivity index (χ0) is 26.5. The molecule has 8 nitrogen and oxygen atoms in total. The van der Waals surface area contributed by atoms with Crippen LogP contribution in [0, 0.1) is 6.92 Å². The Morgan fingerprint density at radius 1 is 1.08 bits per heavy atom. The smallest absolute Gasteiger partial charge is 0.246 e. The Morgan fingerprint density at radius 3 is 2.41 bits per heavy atom. The third-order valence-corrected chi connectivity index (χ3v) is 9.67. The number of nitrogens with zero attached hydrogens (tertiary/aromatic N) is 3. The Bertz CT molecular complexity index is 1320. The minimum Gasteiger partial charge on any atom is -0.334 e. The van der Waals surface area contributed by atoms with Crippen molar-refractivity contribution >= 4 is 61.3 Å². The highest BCUT2D eigenvalue weighted by Crippen LogP contribution is 2.40. The Labute approximate surface area is 235 Å². The molecule has 5 rings (SSSR count). The van der Waals surface area contributed by atoms with Crippen LogP contribution >= 0.6 is 39.5 Å². The summed E-state index contributed by atoms with van der Waals surface area (Å²) in [6.07, 6.45) is 2.86. The number of sulfonamides is 1. The second-order valence-corrected chi connectivity index (χ2v) is 14.1. The maximum atomic E-state index is 13.8. The Balaban J connectivity index is 1.53. The molecule has 2 amide bonds. The van der Waals surface area contributed by atoms with Gasteiger partial charge in [-0.1, -0.05) is 45.7 Å². The summed E-state index contributed by atoms with van der Waals surface area (Å²) in [4.78, 5) is 31.9. The number of rotatable bonds is 7. The van der Waals surface area contributed by atoms with Gasteiger partial charge in [-0.3, -0.25) is 9.59 Å². The molecule has 1 aliphatic carbocycles. The van der Waals surface area contributed by atoms with Crippen molar-refractivity contribution in [3.63, 3.8) is 0 Å². The lowest BCUT2D eigenvalue weighted by atomic mass is 9.97. The molecule has 2 aromatic carbocycles. The van der Waals surface area contributed by atoms with Crippen molar-refractivity contribution < 1.29 is 18.0 Å². The molecule has 37 heavy (non-hydrogen) atoms. The van der Waals surface area contributed by atoms with E-state index in [1.165, 1.54) is 11.9 Å². The Hall–Kier alpha value is -1.63. The van der Waals surface area contributed by atoms with Crippen molar-refractivity contribution in [2.24, 2.45) is 0 Å². The second-order valence-electron chi connectivity index (χ2n) is 9.86. The lowest BCUT2D eigenvalue weighted by Crippen LogP contribution is -2.74. The largest absolute Gasteiger partial charge is 0.334 e. The monoisotopic (exact) mass is 626 g/mol. The van der Waals surface area contributed by atoms with Crippen LogP contribution in [0.4, 0.5) is 0 Å². The molecule has 0 radical (unpaired) electrons. The molecule has 0 aromatic heterocycles. The molecule has 3 atom stereocenters. The third-order valence-electron chi connectivity index (χ3n) is 6.82. The fourth-order valence-corrected chi connectivity index (χ4v) is 7.29. The van der Waals surface area contributed by atoms with Crippen LogP contribution in [0.15, 0.2) is 51.8 Å². The number of hydrogen-bond donors (Lipinski definition) is 1. The van der Waals surface area contributed by atoms with E-state index in [4.69, 9.17) is 11.6 Å². The van der Waals surface area contributed by atoms with E-state index in [-0.39, 0.29) is 24.4 Å². The van der Waals surface area contributed by atoms with Gasteiger partial charge in [0.1, 0.15) is 18.2 Å². The number of piperazine rings is 1. The molecule has 12 heteroatoms. The minimum absolute atomic E-state index is 0.0895. The summed E-state index contributed by atoms with van der Waals surface area (Å²) in [6.45, 7) is 2.48. The van der Waals surface area contributed by atoms with Gasteiger partial charge in [0.05, 0.1) is 17.8 Å². The van der Waals surface area contributed by atoms with E-state index in [2.05, 4.69) is 20.7 Å². The normalized spacial score (nSPS) is 24.9. The van der Waals surface area contributed by atoms with E-state index in [0.29, 0.717) is 18.0 Å². The van der Waals surface area contributed by atoms with Crippen LogP contribution in [0.1, 0.15) is 24.0 Å². The van der Waals surface area contributed by atoms with E-state index in [0.717, 1.165) is 39.6 Å². The van der Waals surface area contributed by atoms with E-state index in [1.807, 2.05) is 58.6 Å². The van der Waals surface area contributed by atoms with Gasteiger partial charge in [0, 0.05) is 28.4 Å². The first kappa shape index (κ1) is 27.0. The molecule has 0 spiro atoms. The number of carbonyl (C=O) groups excluding carboxylic acids is 2. The van der Waals surface area contributed by atoms with Crippen LogP contribution in [-0.2, 0) is 26.0 Å². The summed E-state index contributed by atoms with van der Waals surface area (Å²) in [5, 5.41) is 0.582. The number of aryl methyl sites for hydroxylation is 1. The second kappa shape index (κ2) is 10.5. The molecular weight excluding hydrogens is 600 g/mol. The molecule has 3 unspecified atom stereocenters. The highest BCUT2D eigenvalue weighted by Gasteiger charge is 2.53. The predicted octanol–water partition coefficient (Wildman–Crippen LogP) is 3.42. The number of benzene rings is 2. The quantitative estimate of drug-likeness (QED) is 0.474. The van der Waals surface area contributed by atoms with Crippen LogP contribution in [-0.4, -0.2) is 78.0 Å². The lowest BCUT2D eigenvalue weighted by Gasteiger charge is -2.53. The average Bonchev–Trinajstić information content (AvgIpc) is 3.66. The summed E-state index contributed by atoms with van der Waals surface area (Å²) in [5.74, 6) is -0.471. The number of fused-ring (bicyclic) bond motifs is 1. The van der Waals surface area contributed by atoms with Crippen LogP contribution in [0.2, 0.25) is 5.02 Å². The molecule has 198 valence electrons. The molecule has 1 saturated carbocycles. The first-order chi connectivity index (χ1) is 17.5. The average molecular weight is 628 g/mol.